The number of hydrogen-bond donors (Lipinski definition) is 3. The van der Waals surface area contributed by atoms with Gasteiger partial charge in [-0.25, -0.2) is 8.78 Å². The first-order valence-corrected chi connectivity index (χ1v) is 12.7. The number of aliphatic hydroxyl groups is 1. The minimum Gasteiger partial charge on any atom is -0.390 e. The monoisotopic (exact) mass is 524 g/mol. The number of aliphatic hydroxyl groups excluding tert-OH is 1. The number of amides is 2. The van der Waals surface area contributed by atoms with Crippen molar-refractivity contribution in [1.29, 1.82) is 0 Å². The Balaban J connectivity index is 1.63. The lowest BCUT2D eigenvalue weighted by Gasteiger charge is -2.28. The van der Waals surface area contributed by atoms with E-state index in [1.807, 2.05) is 31.2 Å². The first-order valence-electron chi connectivity index (χ1n) is 12.7. The smallest absolute Gasteiger partial charge is 0.224 e. The number of aryl methyl sites for hydroxylation is 1. The van der Waals surface area contributed by atoms with Crippen molar-refractivity contribution in [1.82, 2.24) is 9.88 Å². The van der Waals surface area contributed by atoms with Crippen molar-refractivity contribution in [2.24, 2.45) is 5.73 Å². The Hall–Kier alpha value is -3.69. The molecule has 2 atom stereocenters. The molecule has 1 aromatic heterocycles. The average Bonchev–Trinajstić information content (AvgIpc) is 2.88. The van der Waals surface area contributed by atoms with Gasteiger partial charge in [-0.05, 0) is 60.2 Å². The van der Waals surface area contributed by atoms with E-state index in [0.29, 0.717) is 17.7 Å². The van der Waals surface area contributed by atoms with E-state index in [1.54, 1.807) is 18.3 Å². The molecule has 0 fully saturated rings. The Labute approximate surface area is 221 Å². The summed E-state index contributed by atoms with van der Waals surface area (Å²) in [7, 11) is 0. The molecule has 0 aliphatic carbocycles. The van der Waals surface area contributed by atoms with Crippen LogP contribution < -0.4 is 11.1 Å². The summed E-state index contributed by atoms with van der Waals surface area (Å²) in [5, 5.41) is 13.6. The van der Waals surface area contributed by atoms with Crippen LogP contribution in [0.25, 0.3) is 0 Å². The predicted octanol–water partition coefficient (Wildman–Crippen LogP) is 3.99. The van der Waals surface area contributed by atoms with E-state index in [9.17, 15) is 23.5 Å². The molecule has 1 heterocycles. The lowest BCUT2D eigenvalue weighted by molar-refractivity contribution is -0.133. The molecule has 3 rings (SSSR count). The zero-order chi connectivity index (χ0) is 27.5. The molecule has 9 heteroatoms. The van der Waals surface area contributed by atoms with Crippen molar-refractivity contribution >= 4 is 17.5 Å². The molecule has 0 aliphatic heterocycles. The second-order valence-electron chi connectivity index (χ2n) is 9.30. The summed E-state index contributed by atoms with van der Waals surface area (Å²) in [5.41, 5.74) is 9.08. The number of halogens is 2. The molecule has 0 spiro atoms. The number of aromatic nitrogens is 1. The van der Waals surface area contributed by atoms with E-state index >= 15 is 0 Å². The van der Waals surface area contributed by atoms with Crippen LogP contribution >= 0.6 is 0 Å². The molecule has 38 heavy (non-hydrogen) atoms. The van der Waals surface area contributed by atoms with Crippen LogP contribution in [0.15, 0.2) is 67.0 Å². The van der Waals surface area contributed by atoms with Crippen LogP contribution in [0.3, 0.4) is 0 Å². The minimum atomic E-state index is -1.13. The molecule has 0 bridgehead atoms. The topological polar surface area (TPSA) is 109 Å². The summed E-state index contributed by atoms with van der Waals surface area (Å²) in [4.78, 5) is 30.9. The molecule has 0 saturated carbocycles. The molecule has 3 aromatic rings. The third-order valence-electron chi connectivity index (χ3n) is 6.16. The molecule has 0 radical (unpaired) electrons. The first-order chi connectivity index (χ1) is 18.2. The molecule has 0 aliphatic rings. The third kappa shape index (κ3) is 9.32. The first kappa shape index (κ1) is 28.9. The maximum absolute atomic E-state index is 13.6. The van der Waals surface area contributed by atoms with E-state index < -0.39 is 23.8 Å². The standard InChI is InChI=1S/C29H34F2N4O3/c1-2-20-6-3-7-21(12-20)18-35(19-27(36)26(32)15-22-13-23(30)16-24(31)14-22)29(38)10-4-9-28(37)34-25-8-5-11-33-17-25/h3,5-8,11-14,16-17,26-27,36H,2,4,9-10,15,18-19,32H2,1H3,(H,34,37). The number of benzene rings is 2. The van der Waals surface area contributed by atoms with Crippen LogP contribution in [-0.2, 0) is 29.0 Å². The number of nitrogens with one attached hydrogen (secondary N) is 1. The molecule has 2 unspecified atom stereocenters. The minimum absolute atomic E-state index is 0.0394. The Morgan fingerprint density at radius 1 is 1.03 bits per heavy atom. The number of hydrogen-bond acceptors (Lipinski definition) is 5. The van der Waals surface area contributed by atoms with Crippen molar-refractivity contribution < 1.29 is 23.5 Å². The third-order valence-corrected chi connectivity index (χ3v) is 6.16. The number of pyridine rings is 1. The molecular formula is C29H34F2N4O3. The summed E-state index contributed by atoms with van der Waals surface area (Å²) in [6.07, 6.45) is 3.46. The van der Waals surface area contributed by atoms with Gasteiger partial charge in [0.25, 0.3) is 0 Å². The maximum Gasteiger partial charge on any atom is 0.224 e. The number of carbonyl (C=O) groups is 2. The van der Waals surface area contributed by atoms with Gasteiger partial charge in [0.1, 0.15) is 11.6 Å². The van der Waals surface area contributed by atoms with Crippen molar-refractivity contribution in [3.63, 3.8) is 0 Å². The number of nitrogens with zero attached hydrogens (tertiary/aromatic N) is 2. The van der Waals surface area contributed by atoms with Crippen LogP contribution in [0.2, 0.25) is 0 Å². The summed E-state index contributed by atoms with van der Waals surface area (Å²) in [6.45, 7) is 2.24. The highest BCUT2D eigenvalue weighted by Gasteiger charge is 2.23. The molecule has 4 N–H and O–H groups in total. The fourth-order valence-corrected chi connectivity index (χ4v) is 4.14. The van der Waals surface area contributed by atoms with Crippen LogP contribution in [0.4, 0.5) is 14.5 Å². The fraction of sp³-hybridized carbons (Fsp3) is 0.345. The normalized spacial score (nSPS) is 12.6. The summed E-state index contributed by atoms with van der Waals surface area (Å²) in [5.74, 6) is -1.90. The second kappa shape index (κ2) is 14.3. The van der Waals surface area contributed by atoms with E-state index in [1.165, 1.54) is 23.2 Å². The SMILES string of the molecule is CCc1cccc(CN(CC(O)C(N)Cc2cc(F)cc(F)c2)C(=O)CCCC(=O)Nc2cccnc2)c1. The van der Waals surface area contributed by atoms with Gasteiger partial charge in [0.05, 0.1) is 18.0 Å². The fourth-order valence-electron chi connectivity index (χ4n) is 4.14. The van der Waals surface area contributed by atoms with Gasteiger partial charge in [0, 0.05) is 44.2 Å². The van der Waals surface area contributed by atoms with Gasteiger partial charge in [-0.15, -0.1) is 0 Å². The zero-order valence-corrected chi connectivity index (χ0v) is 21.4. The predicted molar refractivity (Wildman–Crippen MR) is 142 cm³/mol. The molecular weight excluding hydrogens is 490 g/mol. The summed E-state index contributed by atoms with van der Waals surface area (Å²) in [6, 6.07) is 13.5. The summed E-state index contributed by atoms with van der Waals surface area (Å²) < 4.78 is 27.1. The number of carbonyl (C=O) groups excluding carboxylic acids is 2. The highest BCUT2D eigenvalue weighted by molar-refractivity contribution is 5.90. The number of nitrogens with two attached hydrogens (primary N) is 1. The highest BCUT2D eigenvalue weighted by Crippen LogP contribution is 2.15. The Morgan fingerprint density at radius 3 is 2.45 bits per heavy atom. The zero-order valence-electron chi connectivity index (χ0n) is 21.4. The average molecular weight is 525 g/mol. The Bertz CT molecular complexity index is 1190. The second-order valence-corrected chi connectivity index (χ2v) is 9.30. The van der Waals surface area contributed by atoms with Gasteiger partial charge in [-0.2, -0.15) is 0 Å². The van der Waals surface area contributed by atoms with Crippen molar-refractivity contribution in [3.8, 4) is 0 Å². The van der Waals surface area contributed by atoms with E-state index in [4.69, 9.17) is 5.73 Å². The Kier molecular flexibility index (Phi) is 10.9. The van der Waals surface area contributed by atoms with Gasteiger partial charge >= 0.3 is 0 Å². The maximum atomic E-state index is 13.6. The van der Waals surface area contributed by atoms with Crippen LogP contribution in [0, 0.1) is 11.6 Å². The Morgan fingerprint density at radius 2 is 1.76 bits per heavy atom. The molecule has 2 amide bonds. The van der Waals surface area contributed by atoms with Gasteiger partial charge in [0.2, 0.25) is 11.8 Å². The van der Waals surface area contributed by atoms with Gasteiger partial charge in [-0.1, -0.05) is 31.2 Å². The molecule has 2 aromatic carbocycles. The van der Waals surface area contributed by atoms with Gasteiger partial charge in [0.15, 0.2) is 0 Å². The van der Waals surface area contributed by atoms with Crippen molar-refractivity contribution in [3.05, 3.63) is 95.3 Å². The number of anilines is 1. The molecule has 202 valence electrons. The number of rotatable bonds is 13. The van der Waals surface area contributed by atoms with E-state index in [0.717, 1.165) is 23.6 Å². The lowest BCUT2D eigenvalue weighted by atomic mass is 10.0. The molecule has 7 nitrogen and oxygen atoms in total. The van der Waals surface area contributed by atoms with Crippen LogP contribution in [0.5, 0.6) is 0 Å². The van der Waals surface area contributed by atoms with E-state index in [-0.39, 0.29) is 44.2 Å². The van der Waals surface area contributed by atoms with Crippen molar-refractivity contribution in [2.75, 3.05) is 11.9 Å². The van der Waals surface area contributed by atoms with Crippen LogP contribution in [-0.4, -0.2) is 45.5 Å². The van der Waals surface area contributed by atoms with Gasteiger partial charge < -0.3 is 21.1 Å². The summed E-state index contributed by atoms with van der Waals surface area (Å²) >= 11 is 0. The quantitative estimate of drug-likeness (QED) is 0.313. The van der Waals surface area contributed by atoms with Crippen LogP contribution in [0.1, 0.15) is 42.9 Å². The molecule has 0 saturated heterocycles. The van der Waals surface area contributed by atoms with Gasteiger partial charge in [-0.3, -0.25) is 14.6 Å². The lowest BCUT2D eigenvalue weighted by Crippen LogP contribution is -2.46. The largest absolute Gasteiger partial charge is 0.390 e. The van der Waals surface area contributed by atoms with E-state index in [2.05, 4.69) is 10.3 Å². The highest BCUT2D eigenvalue weighted by atomic mass is 19.1. The van der Waals surface area contributed by atoms with Crippen molar-refractivity contribution in [2.45, 2.75) is 57.7 Å².